The third-order valence-corrected chi connectivity index (χ3v) is 4.05. The summed E-state index contributed by atoms with van der Waals surface area (Å²) in [5, 5.41) is 3.13. The summed E-state index contributed by atoms with van der Waals surface area (Å²) in [6.07, 6.45) is 0. The number of guanidine groups is 1. The van der Waals surface area contributed by atoms with Gasteiger partial charge in [-0.2, -0.15) is 0 Å². The molecule has 0 atom stereocenters. The van der Waals surface area contributed by atoms with Gasteiger partial charge >= 0.3 is 0 Å². The lowest BCUT2D eigenvalue weighted by Gasteiger charge is -2.14. The average Bonchev–Trinajstić information content (AvgIpc) is 2.65. The van der Waals surface area contributed by atoms with Gasteiger partial charge in [-0.3, -0.25) is 0 Å². The molecule has 0 radical (unpaired) electrons. The van der Waals surface area contributed by atoms with Crippen LogP contribution in [0.3, 0.4) is 0 Å². The normalized spacial score (nSPS) is 11.4. The molecule has 0 bridgehead atoms. The maximum atomic E-state index is 6.05. The fourth-order valence-corrected chi connectivity index (χ4v) is 2.56. The maximum absolute atomic E-state index is 6.05. The largest absolute Gasteiger partial charge is 0.496 e. The molecule has 2 aromatic carbocycles. The molecule has 140 valence electrons. The summed E-state index contributed by atoms with van der Waals surface area (Å²) in [7, 11) is 4.79. The Labute approximate surface area is 155 Å². The first-order valence-electron chi connectivity index (χ1n) is 8.44. The minimum Gasteiger partial charge on any atom is -0.496 e. The van der Waals surface area contributed by atoms with Gasteiger partial charge in [-0.05, 0) is 23.6 Å². The van der Waals surface area contributed by atoms with Gasteiger partial charge in [0.25, 0.3) is 0 Å². The molecule has 3 N–H and O–H groups in total. The van der Waals surface area contributed by atoms with E-state index in [-0.39, 0.29) is 0 Å². The van der Waals surface area contributed by atoms with E-state index in [1.807, 2.05) is 12.1 Å². The Balaban J connectivity index is 2.19. The van der Waals surface area contributed by atoms with Crippen LogP contribution in [0.2, 0.25) is 0 Å². The van der Waals surface area contributed by atoms with Crippen molar-refractivity contribution in [2.75, 3.05) is 26.6 Å². The highest BCUT2D eigenvalue weighted by Crippen LogP contribution is 2.34. The van der Waals surface area contributed by atoms with Crippen molar-refractivity contribution < 1.29 is 14.2 Å². The van der Waals surface area contributed by atoms with E-state index in [0.717, 1.165) is 11.3 Å². The molecule has 0 aliphatic carbocycles. The molecule has 2 rings (SSSR count). The maximum Gasteiger partial charge on any atom is 0.193 e. The smallest absolute Gasteiger partial charge is 0.193 e. The van der Waals surface area contributed by atoms with Crippen LogP contribution in [0.4, 0.5) is 5.69 Å². The number of hydrogen-bond donors (Lipinski definition) is 2. The summed E-state index contributed by atoms with van der Waals surface area (Å²) in [5.74, 6) is 2.70. The van der Waals surface area contributed by atoms with E-state index in [2.05, 4.69) is 36.3 Å². The molecule has 0 saturated heterocycles. The summed E-state index contributed by atoms with van der Waals surface area (Å²) in [6.45, 7) is 4.62. The molecule has 0 spiro atoms. The molecule has 0 aliphatic heterocycles. The predicted molar refractivity (Wildman–Crippen MR) is 106 cm³/mol. The zero-order valence-corrected chi connectivity index (χ0v) is 16.0. The van der Waals surface area contributed by atoms with Crippen LogP contribution in [0, 0.1) is 0 Å². The Hall–Kier alpha value is -2.89. The van der Waals surface area contributed by atoms with Gasteiger partial charge in [0.2, 0.25) is 0 Å². The first-order valence-corrected chi connectivity index (χ1v) is 8.44. The van der Waals surface area contributed by atoms with Crippen molar-refractivity contribution in [2.45, 2.75) is 26.3 Å². The second-order valence-electron chi connectivity index (χ2n) is 6.12. The lowest BCUT2D eigenvalue weighted by molar-refractivity contribution is 0.369. The fraction of sp³-hybridized carbons (Fsp3) is 0.350. The molecule has 0 aromatic heterocycles. The summed E-state index contributed by atoms with van der Waals surface area (Å²) in [4.78, 5) is 4.42. The highest BCUT2D eigenvalue weighted by molar-refractivity contribution is 5.92. The van der Waals surface area contributed by atoms with Crippen LogP contribution in [0.1, 0.15) is 30.9 Å². The Morgan fingerprint density at radius 3 is 2.23 bits per heavy atom. The summed E-state index contributed by atoms with van der Waals surface area (Å²) in [6, 6.07) is 11.7. The monoisotopic (exact) mass is 357 g/mol. The average molecular weight is 357 g/mol. The van der Waals surface area contributed by atoms with Gasteiger partial charge < -0.3 is 25.3 Å². The molecule has 0 amide bonds. The molecule has 0 unspecified atom stereocenters. The predicted octanol–water partition coefficient (Wildman–Crippen LogP) is 3.76. The Morgan fingerprint density at radius 2 is 1.69 bits per heavy atom. The van der Waals surface area contributed by atoms with Crippen molar-refractivity contribution in [1.29, 1.82) is 0 Å². The summed E-state index contributed by atoms with van der Waals surface area (Å²) in [5.41, 5.74) is 9.00. The number of anilines is 1. The van der Waals surface area contributed by atoms with Gasteiger partial charge in [0, 0.05) is 17.8 Å². The molecule has 26 heavy (non-hydrogen) atoms. The number of rotatable bonds is 7. The first kappa shape index (κ1) is 19.4. The van der Waals surface area contributed by atoms with E-state index >= 15 is 0 Å². The molecular weight excluding hydrogens is 330 g/mol. The van der Waals surface area contributed by atoms with Crippen molar-refractivity contribution in [3.8, 4) is 17.2 Å². The van der Waals surface area contributed by atoms with E-state index in [1.165, 1.54) is 5.56 Å². The van der Waals surface area contributed by atoms with Gasteiger partial charge in [0.1, 0.15) is 17.2 Å². The first-order chi connectivity index (χ1) is 12.5. The van der Waals surface area contributed by atoms with Crippen LogP contribution in [0.15, 0.2) is 41.4 Å². The number of benzene rings is 2. The molecule has 0 saturated carbocycles. The molecule has 6 nitrogen and oxygen atoms in total. The number of nitrogens with zero attached hydrogens (tertiary/aromatic N) is 1. The quantitative estimate of drug-likeness (QED) is 0.583. The van der Waals surface area contributed by atoms with Gasteiger partial charge in [0.15, 0.2) is 5.96 Å². The zero-order chi connectivity index (χ0) is 19.1. The topological polar surface area (TPSA) is 78.1 Å². The number of nitrogens with two attached hydrogens (primary N) is 1. The molecule has 0 heterocycles. The Bertz CT molecular complexity index is 748. The standard InChI is InChI=1S/C20H27N3O3/c1-13(2)14-7-6-8-15(9-14)23-20(21)22-12-17-18(25-4)10-16(24-3)11-19(17)26-5/h6-11,13H,12H2,1-5H3,(H3,21,22,23). The number of ether oxygens (including phenoxy) is 3. The summed E-state index contributed by atoms with van der Waals surface area (Å²) < 4.78 is 16.1. The highest BCUT2D eigenvalue weighted by Gasteiger charge is 2.13. The molecule has 6 heteroatoms. The van der Waals surface area contributed by atoms with Crippen LogP contribution in [-0.4, -0.2) is 27.3 Å². The Morgan fingerprint density at radius 1 is 1.04 bits per heavy atom. The third-order valence-electron chi connectivity index (χ3n) is 4.05. The van der Waals surface area contributed by atoms with Crippen LogP contribution in [0.25, 0.3) is 0 Å². The van der Waals surface area contributed by atoms with Gasteiger partial charge in [-0.25, -0.2) is 4.99 Å². The van der Waals surface area contributed by atoms with Crippen molar-refractivity contribution in [3.63, 3.8) is 0 Å². The van der Waals surface area contributed by atoms with Gasteiger partial charge in [0.05, 0.1) is 33.4 Å². The van der Waals surface area contributed by atoms with Crippen LogP contribution in [-0.2, 0) is 6.54 Å². The molecule has 0 fully saturated rings. The molecule has 0 aliphatic rings. The van der Waals surface area contributed by atoms with E-state index in [9.17, 15) is 0 Å². The SMILES string of the molecule is COc1cc(OC)c(CN=C(N)Nc2cccc(C(C)C)c2)c(OC)c1. The van der Waals surface area contributed by atoms with Crippen molar-refractivity contribution in [3.05, 3.63) is 47.5 Å². The van der Waals surface area contributed by atoms with E-state index in [1.54, 1.807) is 33.5 Å². The minimum absolute atomic E-state index is 0.318. The number of hydrogen-bond acceptors (Lipinski definition) is 4. The minimum atomic E-state index is 0.318. The van der Waals surface area contributed by atoms with Crippen molar-refractivity contribution in [2.24, 2.45) is 10.7 Å². The van der Waals surface area contributed by atoms with Crippen LogP contribution >= 0.6 is 0 Å². The number of nitrogens with one attached hydrogen (secondary N) is 1. The lowest BCUT2D eigenvalue weighted by Crippen LogP contribution is -2.22. The highest BCUT2D eigenvalue weighted by atomic mass is 16.5. The number of methoxy groups -OCH3 is 3. The third kappa shape index (κ3) is 4.81. The van der Waals surface area contributed by atoms with E-state index < -0.39 is 0 Å². The number of aliphatic imine (C=N–C) groups is 1. The zero-order valence-electron chi connectivity index (χ0n) is 16.0. The van der Waals surface area contributed by atoms with E-state index in [4.69, 9.17) is 19.9 Å². The van der Waals surface area contributed by atoms with Crippen molar-refractivity contribution in [1.82, 2.24) is 0 Å². The van der Waals surface area contributed by atoms with Crippen molar-refractivity contribution >= 4 is 11.6 Å². The molecule has 2 aromatic rings. The Kier molecular flexibility index (Phi) is 6.72. The van der Waals surface area contributed by atoms with Crippen LogP contribution < -0.4 is 25.3 Å². The van der Waals surface area contributed by atoms with E-state index in [0.29, 0.717) is 35.7 Å². The van der Waals surface area contributed by atoms with Gasteiger partial charge in [-0.1, -0.05) is 26.0 Å². The summed E-state index contributed by atoms with van der Waals surface area (Å²) >= 11 is 0. The lowest BCUT2D eigenvalue weighted by atomic mass is 10.0. The second kappa shape index (κ2) is 8.99. The van der Waals surface area contributed by atoms with Crippen LogP contribution in [0.5, 0.6) is 17.2 Å². The fourth-order valence-electron chi connectivity index (χ4n) is 2.56. The second-order valence-corrected chi connectivity index (χ2v) is 6.12. The molecular formula is C20H27N3O3. The van der Waals surface area contributed by atoms with Gasteiger partial charge in [-0.15, -0.1) is 0 Å².